The van der Waals surface area contributed by atoms with Crippen LogP contribution in [0.5, 0.6) is 0 Å². The first-order valence-corrected chi connectivity index (χ1v) is 8.15. The highest BCUT2D eigenvalue weighted by Crippen LogP contribution is 2.20. The van der Waals surface area contributed by atoms with Gasteiger partial charge >= 0.3 is 0 Å². The van der Waals surface area contributed by atoms with Crippen LogP contribution in [0.15, 0.2) is 64.0 Å². The molecule has 104 valence electrons. The first-order chi connectivity index (χ1) is 9.65. The molecule has 0 aliphatic rings. The molecule has 1 N–H and O–H groups in total. The molecule has 0 aliphatic heterocycles. The molecule has 0 unspecified atom stereocenters. The lowest BCUT2D eigenvalue weighted by Crippen LogP contribution is -2.28. The first-order valence-electron chi connectivity index (χ1n) is 6.38. The molecular weight excluding hydrogens is 334 g/mol. The monoisotopic (exact) mass is 349 g/mol. The van der Waals surface area contributed by atoms with Gasteiger partial charge in [0.15, 0.2) is 0 Å². The number of hydrogen-bond donors (Lipinski definition) is 1. The molecular formula is C16H16BrNOS. The fourth-order valence-electron chi connectivity index (χ4n) is 1.79. The highest BCUT2D eigenvalue weighted by molar-refractivity contribution is 9.10. The summed E-state index contributed by atoms with van der Waals surface area (Å²) in [4.78, 5) is 13.0. The van der Waals surface area contributed by atoms with Crippen LogP contribution in [0.2, 0.25) is 0 Å². The van der Waals surface area contributed by atoms with Gasteiger partial charge in [-0.15, -0.1) is 11.8 Å². The van der Waals surface area contributed by atoms with E-state index in [1.54, 1.807) is 11.8 Å². The van der Waals surface area contributed by atoms with Crippen molar-refractivity contribution in [2.24, 2.45) is 0 Å². The van der Waals surface area contributed by atoms with Gasteiger partial charge < -0.3 is 5.32 Å². The summed E-state index contributed by atoms with van der Waals surface area (Å²) in [6.45, 7) is 2.00. The van der Waals surface area contributed by atoms with Crippen LogP contribution in [0, 0.1) is 0 Å². The van der Waals surface area contributed by atoms with Crippen molar-refractivity contribution < 1.29 is 4.79 Å². The average molecular weight is 350 g/mol. The lowest BCUT2D eigenvalue weighted by atomic mass is 10.1. The van der Waals surface area contributed by atoms with E-state index in [1.807, 2.05) is 61.5 Å². The molecule has 0 saturated heterocycles. The Balaban J connectivity index is 1.82. The van der Waals surface area contributed by atoms with Gasteiger partial charge in [0, 0.05) is 9.37 Å². The molecule has 0 fully saturated rings. The summed E-state index contributed by atoms with van der Waals surface area (Å²) in [5.74, 6) is 0.480. The standard InChI is InChI=1S/C16H16BrNOS/c1-12(13-5-3-2-4-6-13)18-16(19)11-20-15-9-7-14(17)8-10-15/h2-10,12H,11H2,1H3,(H,18,19)/t12-/m1/s1. The Morgan fingerprint density at radius 3 is 2.45 bits per heavy atom. The lowest BCUT2D eigenvalue weighted by molar-refractivity contribution is -0.119. The fourth-order valence-corrected chi connectivity index (χ4v) is 2.76. The second-order valence-corrected chi connectivity index (χ2v) is 6.41. The summed E-state index contributed by atoms with van der Waals surface area (Å²) in [6, 6.07) is 18.0. The van der Waals surface area contributed by atoms with Gasteiger partial charge in [0.2, 0.25) is 5.91 Å². The second-order valence-electron chi connectivity index (χ2n) is 4.44. The predicted molar refractivity (Wildman–Crippen MR) is 87.9 cm³/mol. The zero-order chi connectivity index (χ0) is 14.4. The maximum Gasteiger partial charge on any atom is 0.230 e. The van der Waals surface area contributed by atoms with Gasteiger partial charge in [-0.1, -0.05) is 46.3 Å². The van der Waals surface area contributed by atoms with Crippen molar-refractivity contribution in [2.45, 2.75) is 17.9 Å². The van der Waals surface area contributed by atoms with E-state index >= 15 is 0 Å². The molecule has 1 atom stereocenters. The Hall–Kier alpha value is -1.26. The van der Waals surface area contributed by atoms with Gasteiger partial charge in [0.1, 0.15) is 0 Å². The van der Waals surface area contributed by atoms with Crippen molar-refractivity contribution in [3.63, 3.8) is 0 Å². The lowest BCUT2D eigenvalue weighted by Gasteiger charge is -2.14. The summed E-state index contributed by atoms with van der Waals surface area (Å²) in [5, 5.41) is 3.01. The van der Waals surface area contributed by atoms with Crippen molar-refractivity contribution in [3.8, 4) is 0 Å². The van der Waals surface area contributed by atoms with E-state index in [1.165, 1.54) is 0 Å². The molecule has 2 aromatic rings. The van der Waals surface area contributed by atoms with Gasteiger partial charge in [-0.3, -0.25) is 4.79 Å². The Kier molecular flexibility index (Phi) is 5.68. The molecule has 0 spiro atoms. The predicted octanol–water partition coefficient (Wildman–Crippen LogP) is 4.42. The molecule has 0 aliphatic carbocycles. The van der Waals surface area contributed by atoms with E-state index in [0.717, 1.165) is 14.9 Å². The number of amides is 1. The SMILES string of the molecule is C[C@@H](NC(=O)CSc1ccc(Br)cc1)c1ccccc1. The Labute approximate surface area is 132 Å². The number of carbonyl (C=O) groups excluding carboxylic acids is 1. The van der Waals surface area contributed by atoms with Crippen molar-refractivity contribution in [3.05, 3.63) is 64.6 Å². The van der Waals surface area contributed by atoms with Crippen LogP contribution < -0.4 is 5.32 Å². The van der Waals surface area contributed by atoms with Crippen LogP contribution in [0.1, 0.15) is 18.5 Å². The number of benzene rings is 2. The summed E-state index contributed by atoms with van der Waals surface area (Å²) in [7, 11) is 0. The molecule has 1 amide bonds. The van der Waals surface area contributed by atoms with E-state index < -0.39 is 0 Å². The molecule has 2 nitrogen and oxygen atoms in total. The smallest absolute Gasteiger partial charge is 0.230 e. The minimum Gasteiger partial charge on any atom is -0.349 e. The van der Waals surface area contributed by atoms with E-state index in [4.69, 9.17) is 0 Å². The van der Waals surface area contributed by atoms with Gasteiger partial charge in [-0.05, 0) is 36.8 Å². The zero-order valence-corrected chi connectivity index (χ0v) is 13.6. The quantitative estimate of drug-likeness (QED) is 0.809. The number of nitrogens with one attached hydrogen (secondary N) is 1. The molecule has 0 radical (unpaired) electrons. The van der Waals surface area contributed by atoms with Crippen LogP contribution in [-0.4, -0.2) is 11.7 Å². The molecule has 2 rings (SSSR count). The largest absolute Gasteiger partial charge is 0.349 e. The minimum atomic E-state index is 0.0363. The third-order valence-electron chi connectivity index (χ3n) is 2.86. The van der Waals surface area contributed by atoms with E-state index in [0.29, 0.717) is 5.75 Å². The highest BCUT2D eigenvalue weighted by atomic mass is 79.9. The maximum absolute atomic E-state index is 11.9. The van der Waals surface area contributed by atoms with Crippen molar-refractivity contribution in [1.82, 2.24) is 5.32 Å². The van der Waals surface area contributed by atoms with E-state index in [-0.39, 0.29) is 11.9 Å². The molecule has 20 heavy (non-hydrogen) atoms. The number of hydrogen-bond acceptors (Lipinski definition) is 2. The molecule has 2 aromatic carbocycles. The molecule has 4 heteroatoms. The van der Waals surface area contributed by atoms with Crippen molar-refractivity contribution in [2.75, 3.05) is 5.75 Å². The summed E-state index contributed by atoms with van der Waals surface area (Å²) >= 11 is 4.94. The van der Waals surface area contributed by atoms with Gasteiger partial charge in [-0.25, -0.2) is 0 Å². The van der Waals surface area contributed by atoms with Crippen LogP contribution in [-0.2, 0) is 4.79 Å². The summed E-state index contributed by atoms with van der Waals surface area (Å²) < 4.78 is 1.05. The topological polar surface area (TPSA) is 29.1 Å². The maximum atomic E-state index is 11.9. The summed E-state index contributed by atoms with van der Waals surface area (Å²) in [6.07, 6.45) is 0. The van der Waals surface area contributed by atoms with Crippen LogP contribution >= 0.6 is 27.7 Å². The third kappa shape index (κ3) is 4.69. The molecule has 0 saturated carbocycles. The van der Waals surface area contributed by atoms with Crippen LogP contribution in [0.25, 0.3) is 0 Å². The van der Waals surface area contributed by atoms with Crippen molar-refractivity contribution >= 4 is 33.6 Å². The number of halogens is 1. The Bertz CT molecular complexity index is 556. The zero-order valence-electron chi connectivity index (χ0n) is 11.2. The molecule has 0 bridgehead atoms. The Morgan fingerprint density at radius 2 is 1.80 bits per heavy atom. The average Bonchev–Trinajstić information content (AvgIpc) is 2.47. The van der Waals surface area contributed by atoms with E-state index in [9.17, 15) is 4.79 Å². The van der Waals surface area contributed by atoms with Crippen LogP contribution in [0.3, 0.4) is 0 Å². The summed E-state index contributed by atoms with van der Waals surface area (Å²) in [5.41, 5.74) is 1.12. The fraction of sp³-hybridized carbons (Fsp3) is 0.188. The molecule has 0 heterocycles. The second kappa shape index (κ2) is 7.50. The highest BCUT2D eigenvalue weighted by Gasteiger charge is 2.09. The van der Waals surface area contributed by atoms with Gasteiger partial charge in [0.05, 0.1) is 11.8 Å². The Morgan fingerprint density at radius 1 is 1.15 bits per heavy atom. The number of rotatable bonds is 5. The van der Waals surface area contributed by atoms with Gasteiger partial charge in [-0.2, -0.15) is 0 Å². The molecule has 0 aromatic heterocycles. The number of thioether (sulfide) groups is 1. The van der Waals surface area contributed by atoms with Crippen LogP contribution in [0.4, 0.5) is 0 Å². The first kappa shape index (κ1) is 15.1. The normalized spacial score (nSPS) is 11.9. The minimum absolute atomic E-state index is 0.0363. The van der Waals surface area contributed by atoms with Crippen molar-refractivity contribution in [1.29, 1.82) is 0 Å². The number of carbonyl (C=O) groups is 1. The van der Waals surface area contributed by atoms with Gasteiger partial charge in [0.25, 0.3) is 0 Å². The third-order valence-corrected chi connectivity index (χ3v) is 4.40. The van der Waals surface area contributed by atoms with E-state index in [2.05, 4.69) is 21.2 Å².